The number of Topliss-reactive ketones (excluding diaryl/α,β-unsaturated/α-hetero) is 3. The second-order valence-corrected chi connectivity index (χ2v) is 17.0. The minimum atomic E-state index is -0.304. The Balaban J connectivity index is 0.771. The molecule has 3 aliphatic rings. The van der Waals surface area contributed by atoms with Crippen LogP contribution in [0.5, 0.6) is 11.5 Å². The molecule has 2 aromatic heterocycles. The molecule has 62 heavy (non-hydrogen) atoms. The van der Waals surface area contributed by atoms with Crippen LogP contribution >= 0.6 is 0 Å². The topological polar surface area (TPSA) is 185 Å². The summed E-state index contributed by atoms with van der Waals surface area (Å²) in [4.78, 5) is 79.2. The van der Waals surface area contributed by atoms with Crippen molar-refractivity contribution >= 4 is 45.8 Å². The van der Waals surface area contributed by atoms with Crippen molar-refractivity contribution in [2.75, 3.05) is 52.3 Å². The Bertz CT molecular complexity index is 2300. The van der Waals surface area contributed by atoms with Gasteiger partial charge in [-0.25, -0.2) is 0 Å². The van der Waals surface area contributed by atoms with Crippen LogP contribution in [-0.2, 0) is 37.6 Å². The fourth-order valence-electron chi connectivity index (χ4n) is 9.21. The first-order valence-corrected chi connectivity index (χ1v) is 22.0. The molecule has 3 fully saturated rings. The molecule has 330 valence electrons. The highest BCUT2D eigenvalue weighted by molar-refractivity contribution is 6.05. The van der Waals surface area contributed by atoms with E-state index in [-0.39, 0.29) is 59.6 Å². The van der Waals surface area contributed by atoms with E-state index < -0.39 is 0 Å². The van der Waals surface area contributed by atoms with Gasteiger partial charge in [0.25, 0.3) is 5.56 Å². The van der Waals surface area contributed by atoms with E-state index in [4.69, 9.17) is 9.47 Å². The third kappa shape index (κ3) is 10.6. The number of nitrogens with zero attached hydrogens (tertiary/aromatic N) is 4. The number of unbranched alkanes of at least 4 members (excludes halogenated alkanes) is 1. The fraction of sp³-hybridized carbons (Fsp3) is 0.511. The quantitative estimate of drug-likeness (QED) is 0.0926. The first kappa shape index (κ1) is 44.2. The summed E-state index contributed by atoms with van der Waals surface area (Å²) in [5.41, 5.74) is 4.74. The lowest BCUT2D eigenvalue weighted by Crippen LogP contribution is -2.39. The zero-order chi connectivity index (χ0) is 43.8. The van der Waals surface area contributed by atoms with E-state index >= 15 is 0 Å². The van der Waals surface area contributed by atoms with Crippen LogP contribution < -0.4 is 25.7 Å². The average Bonchev–Trinajstić information content (AvgIpc) is 3.78. The molecule has 2 aliphatic heterocycles. The van der Waals surface area contributed by atoms with Gasteiger partial charge in [0, 0.05) is 93.9 Å². The van der Waals surface area contributed by atoms with E-state index in [1.54, 1.807) is 33.7 Å². The molecule has 3 N–H and O–H groups in total. The van der Waals surface area contributed by atoms with E-state index in [0.717, 1.165) is 61.2 Å². The number of aromatic nitrogens is 3. The molecule has 0 radical (unpaired) electrons. The number of H-pyrrole nitrogens is 1. The molecule has 2 saturated heterocycles. The Kier molecular flexibility index (Phi) is 14.5. The lowest BCUT2D eigenvalue weighted by atomic mass is 9.89. The maximum Gasteiger partial charge on any atom is 0.276 e. The van der Waals surface area contributed by atoms with Gasteiger partial charge in [-0.15, -0.1) is 0 Å². The van der Waals surface area contributed by atoms with Crippen LogP contribution in [0.4, 0.5) is 5.69 Å². The van der Waals surface area contributed by atoms with Crippen molar-refractivity contribution in [2.45, 2.75) is 95.6 Å². The SMILES string of the molecule is COc1cc(-c2cn(C)c(=O)c3[nH]ncc23)cc(OC)c1CNCC(=O)CC1CCN(C(=O)CCCCC(=O)N2CCC(c3ccc(NC4CCC(=O)CC4=O)cc3)CC2)CC1. The molecule has 4 heterocycles. The van der Waals surface area contributed by atoms with Crippen LogP contribution in [0.3, 0.4) is 0 Å². The van der Waals surface area contributed by atoms with E-state index in [1.165, 1.54) is 10.1 Å². The van der Waals surface area contributed by atoms with Crippen molar-refractivity contribution in [3.8, 4) is 22.6 Å². The molecule has 2 aromatic carbocycles. The largest absolute Gasteiger partial charge is 0.496 e. The number of amides is 2. The van der Waals surface area contributed by atoms with Crippen molar-refractivity contribution in [3.05, 3.63) is 70.3 Å². The number of piperidine rings is 2. The molecular weight excluding hydrogens is 791 g/mol. The van der Waals surface area contributed by atoms with Gasteiger partial charge in [-0.2, -0.15) is 5.10 Å². The van der Waals surface area contributed by atoms with E-state index in [0.29, 0.717) is 92.9 Å². The van der Waals surface area contributed by atoms with Crippen molar-refractivity contribution in [2.24, 2.45) is 13.0 Å². The number of carbonyl (C=O) groups excluding carboxylic acids is 5. The number of likely N-dealkylation sites (tertiary alicyclic amines) is 2. The van der Waals surface area contributed by atoms with Gasteiger partial charge in [0.2, 0.25) is 11.8 Å². The number of methoxy groups -OCH3 is 2. The Labute approximate surface area is 361 Å². The maximum atomic E-state index is 13.0. The summed E-state index contributed by atoms with van der Waals surface area (Å²) in [5.74, 6) is 2.14. The monoisotopic (exact) mass is 849 g/mol. The normalized spacial score (nSPS) is 17.7. The number of fused-ring (bicyclic) bond motifs is 1. The van der Waals surface area contributed by atoms with Crippen molar-refractivity contribution in [1.82, 2.24) is 29.9 Å². The summed E-state index contributed by atoms with van der Waals surface area (Å²) in [6.45, 7) is 3.27. The summed E-state index contributed by atoms with van der Waals surface area (Å²) in [6.07, 6.45) is 10.4. The number of hydrogen-bond donors (Lipinski definition) is 3. The average molecular weight is 850 g/mol. The zero-order valence-corrected chi connectivity index (χ0v) is 36.1. The van der Waals surface area contributed by atoms with Gasteiger partial charge in [0.05, 0.1) is 39.4 Å². The molecule has 1 saturated carbocycles. The number of rotatable bonds is 17. The first-order valence-electron chi connectivity index (χ1n) is 22.0. The second-order valence-electron chi connectivity index (χ2n) is 17.0. The number of anilines is 1. The summed E-state index contributed by atoms with van der Waals surface area (Å²) >= 11 is 0. The highest BCUT2D eigenvalue weighted by atomic mass is 16.5. The van der Waals surface area contributed by atoms with Crippen LogP contribution in [-0.4, -0.2) is 107 Å². The van der Waals surface area contributed by atoms with Crippen LogP contribution in [0.2, 0.25) is 0 Å². The van der Waals surface area contributed by atoms with Crippen molar-refractivity contribution in [1.29, 1.82) is 0 Å². The van der Waals surface area contributed by atoms with Crippen molar-refractivity contribution < 1.29 is 33.4 Å². The van der Waals surface area contributed by atoms with Crippen LogP contribution in [0.15, 0.2) is 53.6 Å². The van der Waals surface area contributed by atoms with Gasteiger partial charge >= 0.3 is 0 Å². The van der Waals surface area contributed by atoms with Crippen LogP contribution in [0.25, 0.3) is 22.0 Å². The van der Waals surface area contributed by atoms with Gasteiger partial charge in [-0.05, 0) is 92.2 Å². The van der Waals surface area contributed by atoms with Gasteiger partial charge in [-0.3, -0.25) is 33.9 Å². The van der Waals surface area contributed by atoms with E-state index in [9.17, 15) is 28.8 Å². The summed E-state index contributed by atoms with van der Waals surface area (Å²) in [6, 6.07) is 11.7. The smallest absolute Gasteiger partial charge is 0.276 e. The molecule has 1 atom stereocenters. The number of aryl methyl sites for hydroxylation is 1. The number of benzene rings is 2. The molecule has 15 heteroatoms. The number of hydrogen-bond acceptors (Lipinski definition) is 11. The molecule has 2 amide bonds. The van der Waals surface area contributed by atoms with Gasteiger partial charge in [0.15, 0.2) is 5.78 Å². The minimum absolute atomic E-state index is 0.0183. The minimum Gasteiger partial charge on any atom is -0.496 e. The Morgan fingerprint density at radius 1 is 0.855 bits per heavy atom. The molecular formula is C47H59N7O8. The summed E-state index contributed by atoms with van der Waals surface area (Å²) in [7, 11) is 4.87. The number of carbonyl (C=O) groups is 5. The molecule has 0 spiro atoms. The van der Waals surface area contributed by atoms with Crippen LogP contribution in [0, 0.1) is 5.92 Å². The lowest BCUT2D eigenvalue weighted by Gasteiger charge is -2.33. The number of nitrogens with one attached hydrogen (secondary N) is 3. The fourth-order valence-corrected chi connectivity index (χ4v) is 9.21. The first-order chi connectivity index (χ1) is 30.0. The van der Waals surface area contributed by atoms with Gasteiger partial charge < -0.3 is 34.5 Å². The summed E-state index contributed by atoms with van der Waals surface area (Å²) < 4.78 is 13.0. The Morgan fingerprint density at radius 3 is 2.10 bits per heavy atom. The highest BCUT2D eigenvalue weighted by Gasteiger charge is 2.28. The number of aromatic amines is 1. The van der Waals surface area contributed by atoms with Crippen molar-refractivity contribution in [3.63, 3.8) is 0 Å². The standard InChI is InChI=1S/C47H59N7O8/c1-52-29-39(37-28-49-51-46(37)47(52)60)33-23-42(61-2)38(43(24-33)62-3)27-48-26-36(56)22-30-14-18-53(19-15-30)44(58)6-4-5-7-45(59)54-20-16-32(17-21-54)31-8-10-34(11-9-31)50-40-13-12-35(55)25-41(40)57/h8-11,23-24,28-30,32,40,48,50H,4-7,12-22,25-27H2,1-3H3,(H,49,51). The molecule has 7 rings (SSSR count). The third-order valence-corrected chi connectivity index (χ3v) is 12.9. The van der Waals surface area contributed by atoms with Gasteiger partial charge in [-0.1, -0.05) is 12.1 Å². The van der Waals surface area contributed by atoms with E-state index in [1.807, 2.05) is 34.1 Å². The number of ether oxygens (including phenoxy) is 2. The molecule has 4 aromatic rings. The highest BCUT2D eigenvalue weighted by Crippen LogP contribution is 2.37. The second kappa shape index (κ2) is 20.4. The van der Waals surface area contributed by atoms with E-state index in [2.05, 4.69) is 33.0 Å². The third-order valence-electron chi connectivity index (χ3n) is 12.9. The maximum absolute atomic E-state index is 13.0. The zero-order valence-electron chi connectivity index (χ0n) is 36.1. The Hall–Kier alpha value is -5.83. The molecule has 15 nitrogen and oxygen atoms in total. The lowest BCUT2D eigenvalue weighted by molar-refractivity contribution is -0.134. The van der Waals surface area contributed by atoms with Crippen LogP contribution in [0.1, 0.15) is 94.1 Å². The number of ketones is 3. The molecule has 0 bridgehead atoms. The summed E-state index contributed by atoms with van der Waals surface area (Å²) in [5, 5.41) is 14.1. The molecule has 1 unspecified atom stereocenters. The predicted octanol–water partition coefficient (Wildman–Crippen LogP) is 5.30. The van der Waals surface area contributed by atoms with Gasteiger partial charge in [0.1, 0.15) is 28.6 Å². The Morgan fingerprint density at radius 2 is 1.48 bits per heavy atom. The number of pyridine rings is 1. The predicted molar refractivity (Wildman–Crippen MR) is 235 cm³/mol. The molecule has 1 aliphatic carbocycles.